The number of fused-ring (bicyclic) bond motifs is 3. The molecule has 8 nitrogen and oxygen atoms in total. The van der Waals surface area contributed by atoms with Gasteiger partial charge in [-0.1, -0.05) is 66.2 Å². The van der Waals surface area contributed by atoms with Crippen LogP contribution in [-0.4, -0.2) is 44.8 Å². The van der Waals surface area contributed by atoms with E-state index < -0.39 is 18.1 Å². The number of amides is 1. The Morgan fingerprint density at radius 3 is 2.33 bits per heavy atom. The summed E-state index contributed by atoms with van der Waals surface area (Å²) in [6.45, 7) is 0.0915. The van der Waals surface area contributed by atoms with Crippen molar-refractivity contribution in [2.24, 2.45) is 7.05 Å². The molecule has 1 aliphatic carbocycles. The van der Waals surface area contributed by atoms with E-state index >= 15 is 0 Å². The number of alkyl carbamates (subject to hydrolysis) is 1. The summed E-state index contributed by atoms with van der Waals surface area (Å²) in [6, 6.07) is 19.9. The molecule has 0 aliphatic heterocycles. The molecule has 182 valence electrons. The molecule has 1 heterocycles. The first-order chi connectivity index (χ1) is 17.4. The number of carboxylic acids is 1. The van der Waals surface area contributed by atoms with E-state index in [2.05, 4.69) is 15.5 Å². The van der Waals surface area contributed by atoms with Crippen molar-refractivity contribution in [3.63, 3.8) is 0 Å². The first-order valence-electron chi connectivity index (χ1n) is 11.4. The third-order valence-electron chi connectivity index (χ3n) is 6.30. The summed E-state index contributed by atoms with van der Waals surface area (Å²) in [7, 11) is 1.69. The van der Waals surface area contributed by atoms with Gasteiger partial charge in [-0.25, -0.2) is 9.59 Å². The number of benzene rings is 3. The van der Waals surface area contributed by atoms with Crippen LogP contribution >= 0.6 is 11.6 Å². The highest BCUT2D eigenvalue weighted by Gasteiger charge is 2.30. The Morgan fingerprint density at radius 1 is 1.06 bits per heavy atom. The molecule has 0 spiro atoms. The quantitative estimate of drug-likeness (QED) is 0.380. The molecule has 1 atom stereocenters. The number of halogens is 1. The number of aryl methyl sites for hydroxylation is 1. The van der Waals surface area contributed by atoms with Gasteiger partial charge in [-0.3, -0.25) is 0 Å². The molecule has 3 aromatic carbocycles. The number of hydrogen-bond donors (Lipinski definition) is 2. The molecule has 0 bridgehead atoms. The normalized spacial score (nSPS) is 13.1. The predicted molar refractivity (Wildman–Crippen MR) is 135 cm³/mol. The minimum absolute atomic E-state index is 0.00794. The highest BCUT2D eigenvalue weighted by atomic mass is 35.5. The number of ether oxygens (including phenoxy) is 1. The number of nitrogens with zero attached hydrogens (tertiary/aromatic N) is 3. The molecular formula is C27H23ClN4O4. The van der Waals surface area contributed by atoms with E-state index in [1.165, 1.54) is 4.80 Å². The molecule has 36 heavy (non-hydrogen) atoms. The fourth-order valence-corrected chi connectivity index (χ4v) is 4.85. The number of rotatable bonds is 7. The third kappa shape index (κ3) is 4.67. The zero-order valence-electron chi connectivity index (χ0n) is 19.4. The molecular weight excluding hydrogens is 480 g/mol. The van der Waals surface area contributed by atoms with E-state index in [9.17, 15) is 14.7 Å². The molecule has 1 aromatic heterocycles. The third-order valence-corrected chi connectivity index (χ3v) is 6.54. The lowest BCUT2D eigenvalue weighted by Crippen LogP contribution is -2.43. The molecule has 4 aromatic rings. The van der Waals surface area contributed by atoms with Crippen molar-refractivity contribution in [3.05, 3.63) is 94.6 Å². The maximum atomic E-state index is 12.7. The van der Waals surface area contributed by atoms with Gasteiger partial charge in [-0.2, -0.15) is 15.0 Å². The van der Waals surface area contributed by atoms with Crippen LogP contribution in [0.15, 0.2) is 72.9 Å². The highest BCUT2D eigenvalue weighted by Crippen LogP contribution is 2.44. The van der Waals surface area contributed by atoms with Crippen LogP contribution in [0.1, 0.15) is 22.6 Å². The van der Waals surface area contributed by atoms with Crippen LogP contribution in [0.4, 0.5) is 4.79 Å². The van der Waals surface area contributed by atoms with Crippen LogP contribution in [0, 0.1) is 0 Å². The number of carboxylic acid groups (broad SMARTS) is 1. The maximum Gasteiger partial charge on any atom is 0.407 e. The van der Waals surface area contributed by atoms with E-state index in [0.29, 0.717) is 21.8 Å². The van der Waals surface area contributed by atoms with Crippen molar-refractivity contribution in [1.29, 1.82) is 0 Å². The standard InChI is InChI=1S/C27H23ClN4O4/c1-32-29-14-25(31-32)18-11-10-17(28)12-16(18)13-24(26(33)34)30-27(35)36-15-23-21-8-4-2-6-19(21)20-7-3-5-9-22(20)23/h2-12,14,23-24H,13,15H2,1H3,(H,30,35)(H,33,34)/t24-/m0/s1. The lowest BCUT2D eigenvalue weighted by atomic mass is 9.98. The van der Waals surface area contributed by atoms with Gasteiger partial charge in [0, 0.05) is 30.0 Å². The van der Waals surface area contributed by atoms with Gasteiger partial charge < -0.3 is 15.2 Å². The first-order valence-corrected chi connectivity index (χ1v) is 11.8. The molecule has 0 unspecified atom stereocenters. The lowest BCUT2D eigenvalue weighted by Gasteiger charge is -2.18. The molecule has 9 heteroatoms. The minimum atomic E-state index is -1.23. The molecule has 2 N–H and O–H groups in total. The van der Waals surface area contributed by atoms with Gasteiger partial charge in [0.1, 0.15) is 18.3 Å². The molecule has 0 radical (unpaired) electrons. The Morgan fingerprint density at radius 2 is 1.72 bits per heavy atom. The molecule has 5 rings (SSSR count). The van der Waals surface area contributed by atoms with Gasteiger partial charge in [0.25, 0.3) is 0 Å². The fraction of sp³-hybridized carbons (Fsp3) is 0.185. The first kappa shape index (κ1) is 23.6. The molecule has 0 saturated heterocycles. The zero-order valence-corrected chi connectivity index (χ0v) is 20.1. The zero-order chi connectivity index (χ0) is 25.2. The average molecular weight is 503 g/mol. The van der Waals surface area contributed by atoms with Gasteiger partial charge in [-0.15, -0.1) is 0 Å². The van der Waals surface area contributed by atoms with E-state index in [0.717, 1.165) is 22.3 Å². The van der Waals surface area contributed by atoms with Crippen molar-refractivity contribution in [3.8, 4) is 22.4 Å². The maximum absolute atomic E-state index is 12.7. The Bertz CT molecular complexity index is 1410. The van der Waals surface area contributed by atoms with Gasteiger partial charge in [0.05, 0.1) is 6.20 Å². The predicted octanol–water partition coefficient (Wildman–Crippen LogP) is 4.67. The summed E-state index contributed by atoms with van der Waals surface area (Å²) >= 11 is 6.18. The highest BCUT2D eigenvalue weighted by molar-refractivity contribution is 6.30. The minimum Gasteiger partial charge on any atom is -0.480 e. The number of carbonyl (C=O) groups is 2. The Balaban J connectivity index is 1.31. The van der Waals surface area contributed by atoms with Gasteiger partial charge in [0.2, 0.25) is 0 Å². The molecule has 0 saturated carbocycles. The average Bonchev–Trinajstić information content (AvgIpc) is 3.43. The van der Waals surface area contributed by atoms with Crippen LogP contribution in [-0.2, 0) is 23.0 Å². The number of aliphatic carboxylic acids is 1. The van der Waals surface area contributed by atoms with Crippen LogP contribution in [0.5, 0.6) is 0 Å². The van der Waals surface area contributed by atoms with E-state index in [-0.39, 0.29) is 18.9 Å². The van der Waals surface area contributed by atoms with Crippen molar-refractivity contribution in [2.75, 3.05) is 6.61 Å². The fourth-order valence-electron chi connectivity index (χ4n) is 4.65. The summed E-state index contributed by atoms with van der Waals surface area (Å²) in [5.41, 5.74) is 6.27. The second-order valence-corrected chi connectivity index (χ2v) is 9.02. The van der Waals surface area contributed by atoms with Gasteiger partial charge in [0.15, 0.2) is 0 Å². The topological polar surface area (TPSA) is 106 Å². The summed E-state index contributed by atoms with van der Waals surface area (Å²) in [5.74, 6) is -1.31. The smallest absolute Gasteiger partial charge is 0.407 e. The summed E-state index contributed by atoms with van der Waals surface area (Å²) in [5, 5.41) is 21.1. The van der Waals surface area contributed by atoms with Crippen LogP contribution in [0.2, 0.25) is 5.02 Å². The largest absolute Gasteiger partial charge is 0.480 e. The van der Waals surface area contributed by atoms with E-state index in [1.54, 1.807) is 31.4 Å². The lowest BCUT2D eigenvalue weighted by molar-refractivity contribution is -0.139. The SMILES string of the molecule is Cn1ncc(-c2ccc(Cl)cc2C[C@H](NC(=O)OCC2c3ccccc3-c3ccccc32)C(=O)O)n1. The molecule has 1 aliphatic rings. The van der Waals surface area contributed by atoms with Crippen LogP contribution in [0.3, 0.4) is 0 Å². The number of hydrogen-bond acceptors (Lipinski definition) is 5. The van der Waals surface area contributed by atoms with Crippen LogP contribution in [0.25, 0.3) is 22.4 Å². The summed E-state index contributed by atoms with van der Waals surface area (Å²) in [4.78, 5) is 26.1. The Hall–Kier alpha value is -4.17. The van der Waals surface area contributed by atoms with Crippen molar-refractivity contribution >= 4 is 23.7 Å². The van der Waals surface area contributed by atoms with Crippen molar-refractivity contribution in [2.45, 2.75) is 18.4 Å². The monoisotopic (exact) mass is 502 g/mol. The van der Waals surface area contributed by atoms with Gasteiger partial charge >= 0.3 is 12.1 Å². The Kier molecular flexibility index (Phi) is 6.43. The van der Waals surface area contributed by atoms with E-state index in [4.69, 9.17) is 16.3 Å². The number of nitrogens with one attached hydrogen (secondary N) is 1. The molecule has 0 fully saturated rings. The van der Waals surface area contributed by atoms with Gasteiger partial charge in [-0.05, 0) is 39.9 Å². The number of aromatic nitrogens is 3. The van der Waals surface area contributed by atoms with Crippen LogP contribution < -0.4 is 5.32 Å². The van der Waals surface area contributed by atoms with Crippen molar-refractivity contribution < 1.29 is 19.4 Å². The molecule has 1 amide bonds. The van der Waals surface area contributed by atoms with E-state index in [1.807, 2.05) is 48.5 Å². The second kappa shape index (κ2) is 9.83. The Labute approximate surface area is 212 Å². The number of carbonyl (C=O) groups excluding carboxylic acids is 1. The van der Waals surface area contributed by atoms with Crippen molar-refractivity contribution in [1.82, 2.24) is 20.3 Å². The second-order valence-electron chi connectivity index (χ2n) is 8.59. The summed E-state index contributed by atoms with van der Waals surface area (Å²) < 4.78 is 5.53. The summed E-state index contributed by atoms with van der Waals surface area (Å²) in [6.07, 6.45) is 0.778.